The summed E-state index contributed by atoms with van der Waals surface area (Å²) in [5.41, 5.74) is 8.49. The number of hydrazine groups is 1. The van der Waals surface area contributed by atoms with Gasteiger partial charge in [0.05, 0.1) is 29.3 Å². The minimum Gasteiger partial charge on any atom is -0.464 e. The quantitative estimate of drug-likeness (QED) is 0.335. The number of hydrogen-bond acceptors (Lipinski definition) is 8. The van der Waals surface area contributed by atoms with Gasteiger partial charge in [0.15, 0.2) is 0 Å². The van der Waals surface area contributed by atoms with E-state index in [2.05, 4.69) is 10.9 Å². The molecule has 2 rings (SSSR count). The minimum atomic E-state index is -0.445. The lowest BCUT2D eigenvalue weighted by molar-refractivity contribution is -0.384. The number of hydrogen-bond donors (Lipinski definition) is 2. The first-order valence-electron chi connectivity index (χ1n) is 9.08. The minimum absolute atomic E-state index is 0.0316. The molecule has 0 saturated carbocycles. The maximum absolute atomic E-state index is 11.5. The molecule has 0 aliphatic heterocycles. The summed E-state index contributed by atoms with van der Waals surface area (Å²) in [7, 11) is 1.89. The van der Waals surface area contributed by atoms with E-state index in [1.54, 1.807) is 12.1 Å². The highest BCUT2D eigenvalue weighted by atomic mass is 16.6. The molecule has 29 heavy (non-hydrogen) atoms. The van der Waals surface area contributed by atoms with Gasteiger partial charge in [0.2, 0.25) is 0 Å². The van der Waals surface area contributed by atoms with Crippen LogP contribution in [-0.4, -0.2) is 36.9 Å². The maximum Gasteiger partial charge on any atom is 0.306 e. The van der Waals surface area contributed by atoms with Crippen LogP contribution in [0.25, 0.3) is 0 Å². The first-order valence-corrected chi connectivity index (χ1v) is 9.08. The Balaban J connectivity index is 1.76. The van der Waals surface area contributed by atoms with Gasteiger partial charge in [0.25, 0.3) is 5.69 Å². The number of Topliss-reactive ketones (excluding diaryl/α,β-unsaturated/α-hetero) is 1. The Morgan fingerprint density at radius 2 is 1.55 bits per heavy atom. The van der Waals surface area contributed by atoms with Gasteiger partial charge < -0.3 is 25.3 Å². The third-order valence-corrected chi connectivity index (χ3v) is 4.11. The predicted molar refractivity (Wildman–Crippen MR) is 111 cm³/mol. The fourth-order valence-corrected chi connectivity index (χ4v) is 2.39. The van der Waals surface area contributed by atoms with Crippen molar-refractivity contribution in [3.05, 3.63) is 58.6 Å². The van der Waals surface area contributed by atoms with Crippen LogP contribution in [0.3, 0.4) is 0 Å². The molecule has 9 heteroatoms. The molecule has 0 unspecified atom stereocenters. The standard InChI is InChI=1S/C20H24N4O5/c1-15(25)3-12-20(26)29-14-13-23(2)18-8-4-16(5-9-18)21-22-17-6-10-19(11-7-17)24(27)28/h4-11,21-22H,3,12-14H2,1-2H3. The molecule has 9 nitrogen and oxygen atoms in total. The molecule has 0 fully saturated rings. The van der Waals surface area contributed by atoms with E-state index in [-0.39, 0.29) is 36.9 Å². The third kappa shape index (κ3) is 7.49. The molecule has 2 aromatic rings. The van der Waals surface area contributed by atoms with Gasteiger partial charge in [-0.2, -0.15) is 0 Å². The fraction of sp³-hybridized carbons (Fsp3) is 0.300. The van der Waals surface area contributed by atoms with Gasteiger partial charge in [-0.3, -0.25) is 14.9 Å². The molecule has 0 aromatic heterocycles. The van der Waals surface area contributed by atoms with E-state index in [4.69, 9.17) is 4.74 Å². The monoisotopic (exact) mass is 400 g/mol. The maximum atomic E-state index is 11.5. The highest BCUT2D eigenvalue weighted by molar-refractivity contribution is 5.80. The van der Waals surface area contributed by atoms with E-state index < -0.39 is 4.92 Å². The molecule has 0 spiro atoms. The number of non-ortho nitro benzene ring substituents is 1. The number of nitrogens with zero attached hydrogens (tertiary/aromatic N) is 2. The molecule has 0 radical (unpaired) electrons. The van der Waals surface area contributed by atoms with Crippen LogP contribution in [-0.2, 0) is 14.3 Å². The second-order valence-electron chi connectivity index (χ2n) is 6.44. The number of carbonyl (C=O) groups excluding carboxylic acids is 2. The number of anilines is 3. The van der Waals surface area contributed by atoms with Crippen molar-refractivity contribution in [1.29, 1.82) is 0 Å². The summed E-state index contributed by atoms with van der Waals surface area (Å²) in [6.45, 7) is 2.22. The van der Waals surface area contributed by atoms with Crippen molar-refractivity contribution in [2.24, 2.45) is 0 Å². The second-order valence-corrected chi connectivity index (χ2v) is 6.44. The lowest BCUT2D eigenvalue weighted by atomic mass is 10.2. The molecule has 2 N–H and O–H groups in total. The van der Waals surface area contributed by atoms with Crippen molar-refractivity contribution in [2.45, 2.75) is 19.8 Å². The van der Waals surface area contributed by atoms with Crippen molar-refractivity contribution >= 4 is 34.5 Å². The Labute approximate surface area is 168 Å². The third-order valence-electron chi connectivity index (χ3n) is 4.11. The topological polar surface area (TPSA) is 114 Å². The number of ether oxygens (including phenoxy) is 1. The van der Waals surface area contributed by atoms with Crippen LogP contribution in [0.1, 0.15) is 19.8 Å². The van der Waals surface area contributed by atoms with Crippen LogP contribution < -0.4 is 15.8 Å². The average Bonchev–Trinajstić information content (AvgIpc) is 2.71. The first kappa shape index (κ1) is 21.7. The van der Waals surface area contributed by atoms with Gasteiger partial charge in [0.1, 0.15) is 12.4 Å². The Morgan fingerprint density at radius 3 is 2.07 bits per heavy atom. The van der Waals surface area contributed by atoms with Crippen molar-refractivity contribution in [2.75, 3.05) is 36.0 Å². The highest BCUT2D eigenvalue weighted by Crippen LogP contribution is 2.18. The number of benzene rings is 2. The molecule has 0 bridgehead atoms. The summed E-state index contributed by atoms with van der Waals surface area (Å²) in [6.07, 6.45) is 0.318. The normalized spacial score (nSPS) is 10.1. The van der Waals surface area contributed by atoms with Crippen molar-refractivity contribution in [3.8, 4) is 0 Å². The van der Waals surface area contributed by atoms with Crippen molar-refractivity contribution in [3.63, 3.8) is 0 Å². The number of nitrogens with one attached hydrogen (secondary N) is 2. The van der Waals surface area contributed by atoms with Crippen molar-refractivity contribution in [1.82, 2.24) is 0 Å². The number of ketones is 1. The number of nitro benzene ring substituents is 1. The molecule has 154 valence electrons. The van der Waals surface area contributed by atoms with Crippen LogP contribution in [0.4, 0.5) is 22.7 Å². The summed E-state index contributed by atoms with van der Waals surface area (Å²) >= 11 is 0. The van der Waals surface area contributed by atoms with E-state index >= 15 is 0 Å². The highest BCUT2D eigenvalue weighted by Gasteiger charge is 2.07. The molecular weight excluding hydrogens is 376 g/mol. The molecule has 0 aliphatic carbocycles. The van der Waals surface area contributed by atoms with Crippen molar-refractivity contribution < 1.29 is 19.2 Å². The molecule has 0 amide bonds. The molecule has 0 aliphatic rings. The molecular formula is C20H24N4O5. The number of nitro groups is 1. The van der Waals surface area contributed by atoms with Gasteiger partial charge in [-0.25, -0.2) is 0 Å². The zero-order chi connectivity index (χ0) is 21.2. The summed E-state index contributed by atoms with van der Waals surface area (Å²) in [5.74, 6) is -0.402. The second kappa shape index (κ2) is 10.6. The van der Waals surface area contributed by atoms with Crippen LogP contribution in [0, 0.1) is 10.1 Å². The van der Waals surface area contributed by atoms with Gasteiger partial charge >= 0.3 is 5.97 Å². The van der Waals surface area contributed by atoms with Gasteiger partial charge in [-0.1, -0.05) is 0 Å². The fourth-order valence-electron chi connectivity index (χ4n) is 2.39. The Morgan fingerprint density at radius 1 is 1.00 bits per heavy atom. The molecule has 0 saturated heterocycles. The zero-order valence-electron chi connectivity index (χ0n) is 16.4. The summed E-state index contributed by atoms with van der Waals surface area (Å²) in [6, 6.07) is 13.7. The average molecular weight is 400 g/mol. The lowest BCUT2D eigenvalue weighted by Gasteiger charge is -2.19. The van der Waals surface area contributed by atoms with Gasteiger partial charge in [0, 0.05) is 31.3 Å². The summed E-state index contributed by atoms with van der Waals surface area (Å²) in [4.78, 5) is 34.5. The summed E-state index contributed by atoms with van der Waals surface area (Å²) < 4.78 is 5.12. The molecule has 0 heterocycles. The Kier molecular flexibility index (Phi) is 7.96. The largest absolute Gasteiger partial charge is 0.464 e. The van der Waals surface area contributed by atoms with Crippen LogP contribution in [0.15, 0.2) is 48.5 Å². The summed E-state index contributed by atoms with van der Waals surface area (Å²) in [5, 5.41) is 10.7. The van der Waals surface area contributed by atoms with Crippen LogP contribution >= 0.6 is 0 Å². The predicted octanol–water partition coefficient (Wildman–Crippen LogP) is 3.38. The number of carbonyl (C=O) groups is 2. The smallest absolute Gasteiger partial charge is 0.306 e. The van der Waals surface area contributed by atoms with E-state index in [1.165, 1.54) is 19.1 Å². The Hall–Kier alpha value is -3.62. The molecule has 0 atom stereocenters. The van der Waals surface area contributed by atoms with E-state index in [0.717, 1.165) is 11.4 Å². The number of likely N-dealkylation sites (N-methyl/N-ethyl adjacent to an activating group) is 1. The van der Waals surface area contributed by atoms with E-state index in [1.807, 2.05) is 36.2 Å². The van der Waals surface area contributed by atoms with E-state index in [0.29, 0.717) is 12.2 Å². The number of rotatable bonds is 11. The van der Waals surface area contributed by atoms with Crippen LogP contribution in [0.2, 0.25) is 0 Å². The van der Waals surface area contributed by atoms with E-state index in [9.17, 15) is 19.7 Å². The SMILES string of the molecule is CC(=O)CCC(=O)OCCN(C)c1ccc(NNc2ccc([N+](=O)[O-])cc2)cc1. The Bertz CT molecular complexity index is 837. The zero-order valence-corrected chi connectivity index (χ0v) is 16.4. The van der Waals surface area contributed by atoms with Gasteiger partial charge in [-0.05, 0) is 43.3 Å². The first-order chi connectivity index (χ1) is 13.8. The number of esters is 1. The lowest BCUT2D eigenvalue weighted by Crippen LogP contribution is -2.24. The van der Waals surface area contributed by atoms with Crippen LogP contribution in [0.5, 0.6) is 0 Å². The molecule has 2 aromatic carbocycles. The van der Waals surface area contributed by atoms with Gasteiger partial charge in [-0.15, -0.1) is 0 Å².